The molecule has 4 nitrogen and oxygen atoms in total. The molecule has 4 heteroatoms. The van der Waals surface area contributed by atoms with Gasteiger partial charge in [-0.05, 0) is 42.7 Å². The van der Waals surface area contributed by atoms with Crippen molar-refractivity contribution < 1.29 is 9.53 Å². The Labute approximate surface area is 143 Å². The molecule has 2 saturated heterocycles. The molecule has 2 aliphatic rings. The van der Waals surface area contributed by atoms with E-state index in [4.69, 9.17) is 4.74 Å². The molecule has 3 heterocycles. The number of carbonyl (C=O) groups is 1. The van der Waals surface area contributed by atoms with E-state index in [2.05, 4.69) is 41.2 Å². The quantitative estimate of drug-likeness (QED) is 0.938. The normalized spacial score (nSPS) is 22.4. The van der Waals surface area contributed by atoms with Crippen LogP contribution in [0, 0.1) is 5.92 Å². The lowest BCUT2D eigenvalue weighted by atomic mass is 9.88. The molecule has 2 fully saturated rings. The standard InChI is InChI=1S/C20H26N2O2/c1-2-14-4-3-5-17-18(12-21-19(14)17)15-6-9-22(10-7-15)20(23)16-8-11-24-13-16/h3-5,12,15-16,21H,2,6-11,13H2,1H3. The van der Waals surface area contributed by atoms with E-state index in [-0.39, 0.29) is 5.92 Å². The zero-order valence-corrected chi connectivity index (χ0v) is 14.4. The molecular formula is C20H26N2O2. The van der Waals surface area contributed by atoms with E-state index in [0.29, 0.717) is 18.4 Å². The molecule has 0 aliphatic carbocycles. The van der Waals surface area contributed by atoms with Gasteiger partial charge in [0.25, 0.3) is 0 Å². The lowest BCUT2D eigenvalue weighted by Crippen LogP contribution is -2.41. The summed E-state index contributed by atoms with van der Waals surface area (Å²) in [6.45, 7) is 5.30. The number of benzene rings is 1. The summed E-state index contributed by atoms with van der Waals surface area (Å²) in [6, 6.07) is 6.60. The van der Waals surface area contributed by atoms with E-state index in [9.17, 15) is 4.79 Å². The number of ether oxygens (including phenoxy) is 1. The van der Waals surface area contributed by atoms with Crippen LogP contribution >= 0.6 is 0 Å². The number of fused-ring (bicyclic) bond motifs is 1. The van der Waals surface area contributed by atoms with Crippen LogP contribution < -0.4 is 0 Å². The van der Waals surface area contributed by atoms with E-state index in [1.165, 1.54) is 22.0 Å². The molecule has 0 bridgehead atoms. The second-order valence-corrected chi connectivity index (χ2v) is 7.10. The van der Waals surface area contributed by atoms with Gasteiger partial charge in [0.2, 0.25) is 5.91 Å². The molecule has 1 amide bonds. The number of aromatic nitrogens is 1. The van der Waals surface area contributed by atoms with Gasteiger partial charge in [0.15, 0.2) is 0 Å². The summed E-state index contributed by atoms with van der Waals surface area (Å²) in [4.78, 5) is 18.1. The topological polar surface area (TPSA) is 45.3 Å². The number of hydrogen-bond donors (Lipinski definition) is 1. The fraction of sp³-hybridized carbons (Fsp3) is 0.550. The third kappa shape index (κ3) is 2.73. The Bertz CT molecular complexity index is 722. The number of aromatic amines is 1. The highest BCUT2D eigenvalue weighted by Crippen LogP contribution is 2.34. The maximum Gasteiger partial charge on any atom is 0.228 e. The van der Waals surface area contributed by atoms with Crippen LogP contribution in [0.4, 0.5) is 0 Å². The molecular weight excluding hydrogens is 300 g/mol. The maximum atomic E-state index is 12.5. The summed E-state index contributed by atoms with van der Waals surface area (Å²) < 4.78 is 5.37. The van der Waals surface area contributed by atoms with Crippen LogP contribution in [0.25, 0.3) is 10.9 Å². The average Bonchev–Trinajstić information content (AvgIpc) is 3.30. The van der Waals surface area contributed by atoms with E-state index in [0.717, 1.165) is 45.4 Å². The van der Waals surface area contributed by atoms with Crippen LogP contribution in [0.5, 0.6) is 0 Å². The highest BCUT2D eigenvalue weighted by Gasteiger charge is 2.31. The molecule has 0 radical (unpaired) electrons. The van der Waals surface area contributed by atoms with Crippen molar-refractivity contribution in [2.75, 3.05) is 26.3 Å². The minimum Gasteiger partial charge on any atom is -0.381 e. The van der Waals surface area contributed by atoms with Crippen LogP contribution in [0.15, 0.2) is 24.4 Å². The first-order valence-electron chi connectivity index (χ1n) is 9.23. The number of piperidine rings is 1. The van der Waals surface area contributed by atoms with E-state index in [1.54, 1.807) is 0 Å². The van der Waals surface area contributed by atoms with Crippen molar-refractivity contribution in [3.8, 4) is 0 Å². The first-order valence-corrected chi connectivity index (χ1v) is 9.23. The minimum atomic E-state index is 0.0988. The van der Waals surface area contributed by atoms with Crippen molar-refractivity contribution in [2.24, 2.45) is 5.92 Å². The van der Waals surface area contributed by atoms with Gasteiger partial charge in [0.1, 0.15) is 0 Å². The lowest BCUT2D eigenvalue weighted by molar-refractivity contribution is -0.136. The fourth-order valence-electron chi connectivity index (χ4n) is 4.27. The molecule has 1 aromatic heterocycles. The molecule has 2 aliphatic heterocycles. The molecule has 0 spiro atoms. The van der Waals surface area contributed by atoms with Crippen LogP contribution in [0.2, 0.25) is 0 Å². The van der Waals surface area contributed by atoms with Crippen molar-refractivity contribution >= 4 is 16.8 Å². The number of aryl methyl sites for hydroxylation is 1. The number of likely N-dealkylation sites (tertiary alicyclic amines) is 1. The highest BCUT2D eigenvalue weighted by molar-refractivity contribution is 5.86. The van der Waals surface area contributed by atoms with E-state index in [1.807, 2.05) is 0 Å². The fourth-order valence-corrected chi connectivity index (χ4v) is 4.27. The predicted molar refractivity (Wildman–Crippen MR) is 95.2 cm³/mol. The molecule has 0 saturated carbocycles. The Morgan fingerprint density at radius 2 is 2.12 bits per heavy atom. The smallest absolute Gasteiger partial charge is 0.228 e. The first kappa shape index (κ1) is 15.7. The number of carbonyl (C=O) groups excluding carboxylic acids is 1. The number of nitrogens with one attached hydrogen (secondary N) is 1. The van der Waals surface area contributed by atoms with Crippen LogP contribution in [-0.2, 0) is 16.0 Å². The largest absolute Gasteiger partial charge is 0.381 e. The van der Waals surface area contributed by atoms with E-state index >= 15 is 0 Å². The molecule has 24 heavy (non-hydrogen) atoms. The Morgan fingerprint density at radius 1 is 1.29 bits per heavy atom. The third-order valence-corrected chi connectivity index (χ3v) is 5.74. The minimum absolute atomic E-state index is 0.0988. The maximum absolute atomic E-state index is 12.5. The van der Waals surface area contributed by atoms with Gasteiger partial charge in [0, 0.05) is 36.8 Å². The molecule has 1 N–H and O–H groups in total. The monoisotopic (exact) mass is 326 g/mol. The number of amides is 1. The predicted octanol–water partition coefficient (Wildman–Crippen LogP) is 3.47. The number of H-pyrrole nitrogens is 1. The zero-order chi connectivity index (χ0) is 16.5. The summed E-state index contributed by atoms with van der Waals surface area (Å²) in [7, 11) is 0. The number of para-hydroxylation sites is 1. The second kappa shape index (κ2) is 6.60. The molecule has 128 valence electrons. The van der Waals surface area contributed by atoms with Gasteiger partial charge < -0.3 is 14.6 Å². The molecule has 1 atom stereocenters. The Balaban J connectivity index is 1.47. The highest BCUT2D eigenvalue weighted by atomic mass is 16.5. The first-order chi connectivity index (χ1) is 11.8. The summed E-state index contributed by atoms with van der Waals surface area (Å²) in [5.41, 5.74) is 4.10. The van der Waals surface area contributed by atoms with Crippen molar-refractivity contribution in [2.45, 2.75) is 38.5 Å². The molecule has 1 aromatic carbocycles. The van der Waals surface area contributed by atoms with Gasteiger partial charge in [0.05, 0.1) is 12.5 Å². The molecule has 4 rings (SSSR count). The van der Waals surface area contributed by atoms with Gasteiger partial charge in [-0.15, -0.1) is 0 Å². The average molecular weight is 326 g/mol. The van der Waals surface area contributed by atoms with Crippen LogP contribution in [0.1, 0.15) is 43.2 Å². The van der Waals surface area contributed by atoms with Crippen LogP contribution in [-0.4, -0.2) is 42.1 Å². The van der Waals surface area contributed by atoms with Gasteiger partial charge in [-0.2, -0.15) is 0 Å². The van der Waals surface area contributed by atoms with Crippen molar-refractivity contribution in [3.63, 3.8) is 0 Å². The van der Waals surface area contributed by atoms with Gasteiger partial charge in [-0.3, -0.25) is 4.79 Å². The Kier molecular flexibility index (Phi) is 4.31. The summed E-state index contributed by atoms with van der Waals surface area (Å²) in [6.07, 6.45) is 6.25. The van der Waals surface area contributed by atoms with Crippen LogP contribution in [0.3, 0.4) is 0 Å². The summed E-state index contributed by atoms with van der Waals surface area (Å²) in [5.74, 6) is 0.953. The Hall–Kier alpha value is -1.81. The second-order valence-electron chi connectivity index (χ2n) is 7.10. The molecule has 2 aromatic rings. The number of hydrogen-bond acceptors (Lipinski definition) is 2. The van der Waals surface area contributed by atoms with Crippen molar-refractivity contribution in [3.05, 3.63) is 35.5 Å². The number of nitrogens with zero attached hydrogens (tertiary/aromatic N) is 1. The van der Waals surface area contributed by atoms with Crippen molar-refractivity contribution in [1.82, 2.24) is 9.88 Å². The summed E-state index contributed by atoms with van der Waals surface area (Å²) in [5, 5.41) is 1.36. The summed E-state index contributed by atoms with van der Waals surface area (Å²) >= 11 is 0. The van der Waals surface area contributed by atoms with Gasteiger partial charge in [-0.1, -0.05) is 25.1 Å². The molecule has 1 unspecified atom stereocenters. The zero-order valence-electron chi connectivity index (χ0n) is 14.4. The van der Waals surface area contributed by atoms with Crippen molar-refractivity contribution in [1.29, 1.82) is 0 Å². The third-order valence-electron chi connectivity index (χ3n) is 5.74. The lowest BCUT2D eigenvalue weighted by Gasteiger charge is -2.33. The van der Waals surface area contributed by atoms with E-state index < -0.39 is 0 Å². The Morgan fingerprint density at radius 3 is 2.83 bits per heavy atom. The van der Waals surface area contributed by atoms with Gasteiger partial charge >= 0.3 is 0 Å². The van der Waals surface area contributed by atoms with Gasteiger partial charge in [-0.25, -0.2) is 0 Å². The SMILES string of the molecule is CCc1cccc2c(C3CCN(C(=O)C4CCOC4)CC3)c[nH]c12. The number of rotatable bonds is 3.